The van der Waals surface area contributed by atoms with Gasteiger partial charge in [-0.2, -0.15) is 8.78 Å². The van der Waals surface area contributed by atoms with Gasteiger partial charge in [0, 0.05) is 44.4 Å². The molecule has 146 valence electrons. The van der Waals surface area contributed by atoms with Crippen LogP contribution in [0.1, 0.15) is 24.0 Å². The Balaban J connectivity index is 1.62. The van der Waals surface area contributed by atoms with Crippen molar-refractivity contribution in [2.45, 2.75) is 39.0 Å². The highest BCUT2D eigenvalue weighted by molar-refractivity contribution is 5.49. The highest BCUT2D eigenvalue weighted by atomic mass is 19.3. The van der Waals surface area contributed by atoms with Crippen LogP contribution in [-0.2, 0) is 6.54 Å². The molecule has 8 heteroatoms. The summed E-state index contributed by atoms with van der Waals surface area (Å²) < 4.78 is 29.8. The molecule has 1 aromatic carbocycles. The van der Waals surface area contributed by atoms with Crippen LogP contribution in [0.25, 0.3) is 0 Å². The molecule has 1 aliphatic heterocycles. The molecular weight excluding hydrogens is 352 g/mol. The first-order valence-electron chi connectivity index (χ1n) is 9.08. The summed E-state index contributed by atoms with van der Waals surface area (Å²) in [7, 11) is 1.83. The zero-order valence-corrected chi connectivity index (χ0v) is 15.6. The average molecular weight is 377 g/mol. The number of ether oxygens (including phenoxy) is 1. The fourth-order valence-corrected chi connectivity index (χ4v) is 3.42. The first-order chi connectivity index (χ1) is 13.1. The number of rotatable bonds is 8. The molecule has 2 heterocycles. The number of hydrogen-bond donors (Lipinski definition) is 2. The Morgan fingerprint density at radius 2 is 2.15 bits per heavy atom. The van der Waals surface area contributed by atoms with Crippen LogP contribution in [0.15, 0.2) is 30.6 Å². The number of alkyl halides is 2. The Morgan fingerprint density at radius 3 is 2.93 bits per heavy atom. The van der Waals surface area contributed by atoms with Crippen LogP contribution >= 0.6 is 0 Å². The lowest BCUT2D eigenvalue weighted by Crippen LogP contribution is -2.38. The van der Waals surface area contributed by atoms with Crippen molar-refractivity contribution in [1.29, 1.82) is 0 Å². The van der Waals surface area contributed by atoms with Gasteiger partial charge in [0.25, 0.3) is 0 Å². The second-order valence-electron chi connectivity index (χ2n) is 6.62. The van der Waals surface area contributed by atoms with E-state index >= 15 is 0 Å². The first kappa shape index (κ1) is 19.3. The summed E-state index contributed by atoms with van der Waals surface area (Å²) in [5.74, 6) is 1.91. The predicted octanol–water partition coefficient (Wildman–Crippen LogP) is 3.19. The summed E-state index contributed by atoms with van der Waals surface area (Å²) in [4.78, 5) is 10.8. The minimum absolute atomic E-state index is 0.223. The molecule has 2 aromatic rings. The van der Waals surface area contributed by atoms with Crippen molar-refractivity contribution in [1.82, 2.24) is 15.3 Å². The van der Waals surface area contributed by atoms with E-state index in [0.717, 1.165) is 48.7 Å². The van der Waals surface area contributed by atoms with Crippen molar-refractivity contribution < 1.29 is 13.5 Å². The molecule has 2 N–H and O–H groups in total. The zero-order valence-electron chi connectivity index (χ0n) is 15.6. The summed E-state index contributed by atoms with van der Waals surface area (Å²) in [6.45, 7) is 1.26. The number of halogens is 2. The molecule has 27 heavy (non-hydrogen) atoms. The van der Waals surface area contributed by atoms with Crippen LogP contribution in [0.2, 0.25) is 0 Å². The van der Waals surface area contributed by atoms with E-state index in [1.807, 2.05) is 26.1 Å². The molecule has 1 aliphatic rings. The average Bonchev–Trinajstić information content (AvgIpc) is 3.12. The number of aryl methyl sites for hydroxylation is 1. The van der Waals surface area contributed by atoms with E-state index in [0.29, 0.717) is 12.6 Å². The molecule has 1 saturated heterocycles. The predicted molar refractivity (Wildman–Crippen MR) is 101 cm³/mol. The van der Waals surface area contributed by atoms with Crippen molar-refractivity contribution in [3.63, 3.8) is 0 Å². The minimum Gasteiger partial charge on any atom is -0.434 e. The minimum atomic E-state index is -2.82. The SMILES string of the molecule is CNc1cc(N2CCCC2CNCc2cc(C)ccc2OC(F)F)ncn1. The summed E-state index contributed by atoms with van der Waals surface area (Å²) in [5.41, 5.74) is 1.75. The molecule has 0 aliphatic carbocycles. The van der Waals surface area contributed by atoms with Crippen molar-refractivity contribution in [2.24, 2.45) is 0 Å². The molecule has 3 rings (SSSR count). The second-order valence-corrected chi connectivity index (χ2v) is 6.62. The third kappa shape index (κ3) is 5.03. The van der Waals surface area contributed by atoms with E-state index in [9.17, 15) is 8.78 Å². The van der Waals surface area contributed by atoms with Gasteiger partial charge in [-0.15, -0.1) is 0 Å². The Hall–Kier alpha value is -2.48. The zero-order chi connectivity index (χ0) is 19.2. The molecule has 1 fully saturated rings. The Labute approximate surface area is 158 Å². The maximum Gasteiger partial charge on any atom is 0.387 e. The van der Waals surface area contributed by atoms with Gasteiger partial charge in [0.2, 0.25) is 0 Å². The van der Waals surface area contributed by atoms with E-state index in [1.54, 1.807) is 18.5 Å². The van der Waals surface area contributed by atoms with E-state index in [-0.39, 0.29) is 5.75 Å². The fraction of sp³-hybridized carbons (Fsp3) is 0.474. The molecule has 0 spiro atoms. The largest absolute Gasteiger partial charge is 0.434 e. The first-order valence-corrected chi connectivity index (χ1v) is 9.08. The highest BCUT2D eigenvalue weighted by Crippen LogP contribution is 2.25. The number of hydrogen-bond acceptors (Lipinski definition) is 6. The van der Waals surface area contributed by atoms with Crippen molar-refractivity contribution in [2.75, 3.05) is 30.4 Å². The lowest BCUT2D eigenvalue weighted by Gasteiger charge is -2.26. The van der Waals surface area contributed by atoms with Gasteiger partial charge in [-0.25, -0.2) is 9.97 Å². The molecule has 0 bridgehead atoms. The number of aromatic nitrogens is 2. The molecule has 0 radical (unpaired) electrons. The topological polar surface area (TPSA) is 62.3 Å². The number of nitrogens with zero attached hydrogens (tertiary/aromatic N) is 3. The normalized spacial score (nSPS) is 16.8. The van der Waals surface area contributed by atoms with E-state index < -0.39 is 6.61 Å². The van der Waals surface area contributed by atoms with Crippen molar-refractivity contribution in [3.8, 4) is 5.75 Å². The van der Waals surface area contributed by atoms with Crippen molar-refractivity contribution >= 4 is 11.6 Å². The molecule has 1 atom stereocenters. The summed E-state index contributed by atoms with van der Waals surface area (Å²) >= 11 is 0. The van der Waals surface area contributed by atoms with E-state index in [2.05, 4.69) is 30.2 Å². The van der Waals surface area contributed by atoms with Gasteiger partial charge in [0.05, 0.1) is 0 Å². The van der Waals surface area contributed by atoms with Gasteiger partial charge in [-0.1, -0.05) is 17.7 Å². The van der Waals surface area contributed by atoms with Gasteiger partial charge in [-0.05, 0) is 25.8 Å². The maximum atomic E-state index is 12.6. The van der Waals surface area contributed by atoms with Gasteiger partial charge in [-0.3, -0.25) is 0 Å². The molecular formula is C19H25F2N5O. The molecule has 0 amide bonds. The number of anilines is 2. The molecule has 1 aromatic heterocycles. The summed E-state index contributed by atoms with van der Waals surface area (Å²) in [6.07, 6.45) is 3.71. The van der Waals surface area contributed by atoms with E-state index in [1.165, 1.54) is 0 Å². The fourth-order valence-electron chi connectivity index (χ4n) is 3.42. The Morgan fingerprint density at radius 1 is 1.30 bits per heavy atom. The number of nitrogens with one attached hydrogen (secondary N) is 2. The Bertz CT molecular complexity index is 759. The van der Waals surface area contributed by atoms with Gasteiger partial charge < -0.3 is 20.3 Å². The van der Waals surface area contributed by atoms with Gasteiger partial charge in [0.1, 0.15) is 23.7 Å². The molecule has 0 saturated carbocycles. The quantitative estimate of drug-likeness (QED) is 0.737. The third-order valence-electron chi connectivity index (χ3n) is 4.71. The lowest BCUT2D eigenvalue weighted by molar-refractivity contribution is -0.0505. The van der Waals surface area contributed by atoms with Crippen molar-refractivity contribution in [3.05, 3.63) is 41.7 Å². The maximum absolute atomic E-state index is 12.6. The van der Waals surface area contributed by atoms with Crippen LogP contribution in [0.5, 0.6) is 5.75 Å². The van der Waals surface area contributed by atoms with Gasteiger partial charge in [0.15, 0.2) is 0 Å². The van der Waals surface area contributed by atoms with Crippen LogP contribution in [0.4, 0.5) is 20.4 Å². The van der Waals surface area contributed by atoms with Crippen LogP contribution in [-0.4, -0.2) is 42.8 Å². The summed E-state index contributed by atoms with van der Waals surface area (Å²) in [6, 6.07) is 7.48. The lowest BCUT2D eigenvalue weighted by atomic mass is 10.1. The molecule has 6 nitrogen and oxygen atoms in total. The van der Waals surface area contributed by atoms with Crippen LogP contribution < -0.4 is 20.3 Å². The Kier molecular flexibility index (Phi) is 6.39. The second kappa shape index (κ2) is 8.94. The van der Waals surface area contributed by atoms with Gasteiger partial charge >= 0.3 is 6.61 Å². The summed E-state index contributed by atoms with van der Waals surface area (Å²) in [5, 5.41) is 6.42. The highest BCUT2D eigenvalue weighted by Gasteiger charge is 2.25. The molecule has 1 unspecified atom stereocenters. The monoisotopic (exact) mass is 377 g/mol. The van der Waals surface area contributed by atoms with E-state index in [4.69, 9.17) is 0 Å². The third-order valence-corrected chi connectivity index (χ3v) is 4.71. The van der Waals surface area contributed by atoms with Crippen LogP contribution in [0.3, 0.4) is 0 Å². The van der Waals surface area contributed by atoms with Crippen LogP contribution in [0, 0.1) is 6.92 Å². The smallest absolute Gasteiger partial charge is 0.387 e. The number of benzene rings is 1. The standard InChI is InChI=1S/C19H25F2N5O/c1-13-5-6-16(27-19(20)21)14(8-13)10-23-11-15-4-3-7-26(15)18-9-17(22-2)24-12-25-18/h5-6,8-9,12,15,19,23H,3-4,7,10-11H2,1-2H3,(H,22,24,25).